The molecular weight excluding hydrogens is 169 g/mol. The molecule has 68 valence electrons. The smallest absolute Gasteiger partial charge is 0.166 e. The molecule has 1 heterocycles. The first-order valence-electron chi connectivity index (χ1n) is 4.25. The number of hydrogen-bond donors (Lipinski definition) is 1. The summed E-state index contributed by atoms with van der Waals surface area (Å²) in [4.78, 5) is 11.5. The number of fused-ring (bicyclic) bond motifs is 1. The van der Waals surface area contributed by atoms with Gasteiger partial charge in [0, 0.05) is 24.2 Å². The minimum atomic E-state index is -0.293. The zero-order valence-corrected chi connectivity index (χ0v) is 7.36. The van der Waals surface area contributed by atoms with E-state index in [1.54, 1.807) is 6.92 Å². The van der Waals surface area contributed by atoms with Crippen LogP contribution in [0.2, 0.25) is 0 Å². The number of anilines is 1. The second kappa shape index (κ2) is 2.83. The van der Waals surface area contributed by atoms with E-state index in [4.69, 9.17) is 0 Å². The van der Waals surface area contributed by atoms with Crippen molar-refractivity contribution in [3.63, 3.8) is 0 Å². The highest BCUT2D eigenvalue weighted by Gasteiger charge is 2.19. The molecule has 0 spiro atoms. The lowest BCUT2D eigenvalue weighted by Gasteiger charge is -2.18. The number of Topliss-reactive ketones (excluding diaryl/α,β-unsaturated/α-hetero) is 1. The maximum absolute atomic E-state index is 12.9. The molecule has 0 saturated carbocycles. The largest absolute Gasteiger partial charge is 0.384 e. The average molecular weight is 179 g/mol. The molecule has 0 radical (unpaired) electrons. The fraction of sp³-hybridized carbons (Fsp3) is 0.300. The fourth-order valence-corrected chi connectivity index (χ4v) is 1.69. The summed E-state index contributed by atoms with van der Waals surface area (Å²) < 4.78 is 12.9. The van der Waals surface area contributed by atoms with Gasteiger partial charge in [-0.15, -0.1) is 0 Å². The summed E-state index contributed by atoms with van der Waals surface area (Å²) in [7, 11) is 0. The van der Waals surface area contributed by atoms with Gasteiger partial charge in [0.25, 0.3) is 0 Å². The van der Waals surface area contributed by atoms with Crippen molar-refractivity contribution in [2.45, 2.75) is 13.3 Å². The third kappa shape index (κ3) is 1.30. The van der Waals surface area contributed by atoms with Gasteiger partial charge in [0.15, 0.2) is 5.78 Å². The fourth-order valence-electron chi connectivity index (χ4n) is 1.69. The predicted octanol–water partition coefficient (Wildman–Crippen LogP) is 2.13. The Morgan fingerprint density at radius 1 is 1.46 bits per heavy atom. The van der Waals surface area contributed by atoms with E-state index in [1.165, 1.54) is 12.1 Å². The van der Waals surface area contributed by atoms with Crippen molar-refractivity contribution >= 4 is 11.5 Å². The van der Waals surface area contributed by atoms with E-state index >= 15 is 0 Å². The standard InChI is InChI=1S/C10H10FNO/c1-6-4-7(11)5-8-10(6)9(13)2-3-12-8/h4-5,12H,2-3H2,1H3. The Morgan fingerprint density at radius 3 is 3.00 bits per heavy atom. The molecule has 1 aromatic carbocycles. The molecule has 0 aliphatic carbocycles. The molecule has 1 aromatic rings. The number of halogens is 1. The minimum Gasteiger partial charge on any atom is -0.384 e. The van der Waals surface area contributed by atoms with Crippen molar-refractivity contribution in [3.8, 4) is 0 Å². The van der Waals surface area contributed by atoms with Crippen LogP contribution < -0.4 is 5.32 Å². The number of carbonyl (C=O) groups excluding carboxylic acids is 1. The third-order valence-corrected chi connectivity index (χ3v) is 2.25. The van der Waals surface area contributed by atoms with Gasteiger partial charge in [0.05, 0.1) is 0 Å². The summed E-state index contributed by atoms with van der Waals surface area (Å²) in [6.07, 6.45) is 0.499. The van der Waals surface area contributed by atoms with Crippen LogP contribution in [-0.4, -0.2) is 12.3 Å². The summed E-state index contributed by atoms with van der Waals surface area (Å²) in [5.41, 5.74) is 1.99. The topological polar surface area (TPSA) is 29.1 Å². The predicted molar refractivity (Wildman–Crippen MR) is 48.6 cm³/mol. The summed E-state index contributed by atoms with van der Waals surface area (Å²) in [6, 6.07) is 2.77. The Hall–Kier alpha value is -1.38. The summed E-state index contributed by atoms with van der Waals surface area (Å²) in [6.45, 7) is 2.36. The van der Waals surface area contributed by atoms with E-state index in [0.29, 0.717) is 29.8 Å². The van der Waals surface area contributed by atoms with Crippen molar-refractivity contribution in [1.29, 1.82) is 0 Å². The minimum absolute atomic E-state index is 0.103. The number of rotatable bonds is 0. The van der Waals surface area contributed by atoms with E-state index in [0.717, 1.165) is 0 Å². The van der Waals surface area contributed by atoms with E-state index in [2.05, 4.69) is 5.32 Å². The highest BCUT2D eigenvalue weighted by atomic mass is 19.1. The van der Waals surface area contributed by atoms with Crippen molar-refractivity contribution in [2.24, 2.45) is 0 Å². The lowest BCUT2D eigenvalue weighted by Crippen LogP contribution is -2.19. The summed E-state index contributed by atoms with van der Waals surface area (Å²) in [5, 5.41) is 3.01. The van der Waals surface area contributed by atoms with Crippen LogP contribution in [0.5, 0.6) is 0 Å². The molecule has 2 rings (SSSR count). The number of benzene rings is 1. The molecule has 1 aliphatic rings. The number of ketones is 1. The molecule has 0 unspecified atom stereocenters. The highest BCUT2D eigenvalue weighted by Crippen LogP contribution is 2.26. The highest BCUT2D eigenvalue weighted by molar-refractivity contribution is 6.04. The van der Waals surface area contributed by atoms with Crippen LogP contribution in [0.3, 0.4) is 0 Å². The van der Waals surface area contributed by atoms with E-state index in [9.17, 15) is 9.18 Å². The van der Waals surface area contributed by atoms with Gasteiger partial charge in [0.2, 0.25) is 0 Å². The zero-order chi connectivity index (χ0) is 9.42. The maximum Gasteiger partial charge on any atom is 0.166 e. The van der Waals surface area contributed by atoms with Crippen LogP contribution in [-0.2, 0) is 0 Å². The lowest BCUT2D eigenvalue weighted by atomic mass is 9.97. The van der Waals surface area contributed by atoms with Crippen LogP contribution >= 0.6 is 0 Å². The Kier molecular flexibility index (Phi) is 1.79. The molecule has 3 heteroatoms. The molecule has 13 heavy (non-hydrogen) atoms. The summed E-state index contributed by atoms with van der Waals surface area (Å²) in [5.74, 6) is -0.190. The van der Waals surface area contributed by atoms with Crippen LogP contribution in [0.4, 0.5) is 10.1 Å². The second-order valence-corrected chi connectivity index (χ2v) is 3.25. The molecule has 0 bridgehead atoms. The first kappa shape index (κ1) is 8.23. The number of hydrogen-bond acceptors (Lipinski definition) is 2. The van der Waals surface area contributed by atoms with Gasteiger partial charge in [-0.1, -0.05) is 0 Å². The van der Waals surface area contributed by atoms with Gasteiger partial charge < -0.3 is 5.32 Å². The van der Waals surface area contributed by atoms with Crippen molar-refractivity contribution in [2.75, 3.05) is 11.9 Å². The van der Waals surface area contributed by atoms with Crippen molar-refractivity contribution in [3.05, 3.63) is 29.1 Å². The van der Waals surface area contributed by atoms with Crippen LogP contribution in [0.25, 0.3) is 0 Å². The Morgan fingerprint density at radius 2 is 2.23 bits per heavy atom. The van der Waals surface area contributed by atoms with Crippen LogP contribution in [0.15, 0.2) is 12.1 Å². The molecule has 1 N–H and O–H groups in total. The maximum atomic E-state index is 12.9. The van der Waals surface area contributed by atoms with Crippen LogP contribution in [0, 0.1) is 12.7 Å². The van der Waals surface area contributed by atoms with Gasteiger partial charge >= 0.3 is 0 Å². The molecule has 0 atom stereocenters. The molecule has 0 amide bonds. The van der Waals surface area contributed by atoms with E-state index < -0.39 is 0 Å². The lowest BCUT2D eigenvalue weighted by molar-refractivity contribution is 0.0983. The summed E-state index contributed by atoms with van der Waals surface area (Å²) >= 11 is 0. The Labute approximate surface area is 75.8 Å². The second-order valence-electron chi connectivity index (χ2n) is 3.25. The quantitative estimate of drug-likeness (QED) is 0.661. The van der Waals surface area contributed by atoms with Gasteiger partial charge in [-0.05, 0) is 24.6 Å². The van der Waals surface area contributed by atoms with Gasteiger partial charge in [-0.3, -0.25) is 4.79 Å². The SMILES string of the molecule is Cc1cc(F)cc2c1C(=O)CCN2. The third-order valence-electron chi connectivity index (χ3n) is 2.25. The van der Waals surface area contributed by atoms with Crippen LogP contribution in [0.1, 0.15) is 22.3 Å². The number of aryl methyl sites for hydroxylation is 1. The first-order chi connectivity index (χ1) is 6.18. The Balaban J connectivity index is 2.63. The number of nitrogens with one attached hydrogen (secondary N) is 1. The zero-order valence-electron chi connectivity index (χ0n) is 7.36. The normalized spacial score (nSPS) is 15.1. The van der Waals surface area contributed by atoms with Gasteiger partial charge in [-0.2, -0.15) is 0 Å². The molecule has 0 saturated heterocycles. The molecular formula is C10H10FNO. The van der Waals surface area contributed by atoms with E-state index in [1.807, 2.05) is 0 Å². The molecule has 2 nitrogen and oxygen atoms in total. The van der Waals surface area contributed by atoms with Gasteiger partial charge in [-0.25, -0.2) is 4.39 Å². The molecule has 1 aliphatic heterocycles. The average Bonchev–Trinajstić information content (AvgIpc) is 2.02. The molecule has 0 aromatic heterocycles. The first-order valence-corrected chi connectivity index (χ1v) is 4.25. The van der Waals surface area contributed by atoms with Crippen molar-refractivity contribution in [1.82, 2.24) is 0 Å². The van der Waals surface area contributed by atoms with Crippen molar-refractivity contribution < 1.29 is 9.18 Å². The monoisotopic (exact) mass is 179 g/mol. The Bertz CT molecular complexity index is 373. The van der Waals surface area contributed by atoms with Gasteiger partial charge in [0.1, 0.15) is 5.82 Å². The molecule has 0 fully saturated rings. The number of carbonyl (C=O) groups is 1. The van der Waals surface area contributed by atoms with E-state index in [-0.39, 0.29) is 11.6 Å².